The maximum Gasteiger partial charge on any atom is 0.389 e. The number of aromatic nitrogens is 2. The van der Waals surface area contributed by atoms with E-state index in [2.05, 4.69) is 5.10 Å². The fraction of sp³-hybridized carbons (Fsp3) is 0.500. The van der Waals surface area contributed by atoms with Crippen LogP contribution in [0, 0.1) is 10.1 Å². The van der Waals surface area contributed by atoms with Crippen molar-refractivity contribution in [1.29, 1.82) is 0 Å². The number of halogens is 1. The highest BCUT2D eigenvalue weighted by Gasteiger charge is 2.46. The minimum Gasteiger partial charge on any atom is -0.479 e. The molecule has 0 aromatic carbocycles. The maximum atomic E-state index is 13.8. The van der Waals surface area contributed by atoms with Crippen molar-refractivity contribution >= 4 is 17.7 Å². The molecule has 1 atom stereocenters. The van der Waals surface area contributed by atoms with Crippen molar-refractivity contribution in [2.75, 3.05) is 13.1 Å². The summed E-state index contributed by atoms with van der Waals surface area (Å²) in [4.78, 5) is 33.4. The first kappa shape index (κ1) is 13.9. The summed E-state index contributed by atoms with van der Waals surface area (Å²) in [6.45, 7) is -0.834. The number of amides is 1. The minimum absolute atomic E-state index is 0.00893. The standard InChI is InChI=1S/C10H11FN4O5/c11-10(9(17)18)2-4-13(6-10)8(16)5-14-3-1-7(12-14)15(19)20/h1,3H,2,4-6H2,(H,17,18). The van der Waals surface area contributed by atoms with Crippen molar-refractivity contribution in [3.8, 4) is 0 Å². The normalized spacial score (nSPS) is 21.9. The number of rotatable bonds is 4. The van der Waals surface area contributed by atoms with E-state index in [-0.39, 0.29) is 19.5 Å². The lowest BCUT2D eigenvalue weighted by Crippen LogP contribution is -2.39. The Kier molecular flexibility index (Phi) is 3.38. The number of nitrogens with zero attached hydrogens (tertiary/aromatic N) is 4. The van der Waals surface area contributed by atoms with Crippen LogP contribution in [0.4, 0.5) is 10.2 Å². The van der Waals surface area contributed by atoms with Gasteiger partial charge in [0.25, 0.3) is 0 Å². The van der Waals surface area contributed by atoms with E-state index in [4.69, 9.17) is 5.11 Å². The van der Waals surface area contributed by atoms with Crippen LogP contribution in [0.2, 0.25) is 0 Å². The molecule has 2 rings (SSSR count). The largest absolute Gasteiger partial charge is 0.479 e. The van der Waals surface area contributed by atoms with Gasteiger partial charge in [-0.15, -0.1) is 0 Å². The number of hydrogen-bond donors (Lipinski definition) is 1. The molecule has 10 heteroatoms. The van der Waals surface area contributed by atoms with Gasteiger partial charge in [-0.05, 0) is 4.92 Å². The number of carboxylic acids is 1. The predicted octanol–water partition coefficient (Wildman–Crippen LogP) is -0.184. The van der Waals surface area contributed by atoms with Gasteiger partial charge in [-0.3, -0.25) is 4.79 Å². The minimum atomic E-state index is -2.42. The smallest absolute Gasteiger partial charge is 0.389 e. The Labute approximate surface area is 111 Å². The van der Waals surface area contributed by atoms with Gasteiger partial charge in [0.1, 0.15) is 6.54 Å². The van der Waals surface area contributed by atoms with Crippen molar-refractivity contribution in [3.63, 3.8) is 0 Å². The van der Waals surface area contributed by atoms with Crippen molar-refractivity contribution in [1.82, 2.24) is 14.7 Å². The number of likely N-dealkylation sites (tertiary alicyclic amines) is 1. The van der Waals surface area contributed by atoms with Gasteiger partial charge >= 0.3 is 11.8 Å². The summed E-state index contributed by atoms with van der Waals surface area (Å²) < 4.78 is 14.8. The average molecular weight is 286 g/mol. The molecule has 9 nitrogen and oxygen atoms in total. The lowest BCUT2D eigenvalue weighted by Gasteiger charge is -2.16. The Hall–Kier alpha value is -2.52. The molecule has 0 bridgehead atoms. The first-order valence-corrected chi connectivity index (χ1v) is 5.70. The lowest BCUT2D eigenvalue weighted by atomic mass is 10.1. The van der Waals surface area contributed by atoms with Crippen LogP contribution in [-0.4, -0.2) is 55.3 Å². The summed E-state index contributed by atoms with van der Waals surface area (Å²) in [5.74, 6) is -2.53. The van der Waals surface area contributed by atoms with Crippen LogP contribution in [0.3, 0.4) is 0 Å². The Morgan fingerprint density at radius 2 is 2.30 bits per heavy atom. The molecule has 0 aliphatic carbocycles. The van der Waals surface area contributed by atoms with E-state index >= 15 is 0 Å². The van der Waals surface area contributed by atoms with Gasteiger partial charge in [0.15, 0.2) is 0 Å². The van der Waals surface area contributed by atoms with Gasteiger partial charge in [-0.1, -0.05) is 0 Å². The number of aliphatic carboxylic acids is 1. The topological polar surface area (TPSA) is 119 Å². The predicted molar refractivity (Wildman–Crippen MR) is 61.6 cm³/mol. The summed E-state index contributed by atoms with van der Waals surface area (Å²) in [6.07, 6.45) is 0.985. The number of hydrogen-bond acceptors (Lipinski definition) is 5. The van der Waals surface area contributed by atoms with E-state index in [1.165, 1.54) is 6.20 Å². The molecule has 1 aliphatic rings. The summed E-state index contributed by atoms with van der Waals surface area (Å²) in [5, 5.41) is 22.7. The Bertz CT molecular complexity index is 574. The second-order valence-electron chi connectivity index (χ2n) is 4.46. The zero-order valence-electron chi connectivity index (χ0n) is 10.2. The van der Waals surface area contributed by atoms with Gasteiger partial charge in [0.2, 0.25) is 11.6 Å². The highest BCUT2D eigenvalue weighted by molar-refractivity contribution is 5.82. The molecule has 1 aliphatic heterocycles. The third kappa shape index (κ3) is 2.58. The third-order valence-electron chi connectivity index (χ3n) is 3.07. The van der Waals surface area contributed by atoms with E-state index in [0.717, 1.165) is 15.6 Å². The first-order chi connectivity index (χ1) is 9.32. The van der Waals surface area contributed by atoms with Gasteiger partial charge in [-0.2, -0.15) is 4.68 Å². The van der Waals surface area contributed by atoms with Crippen molar-refractivity contribution in [2.45, 2.75) is 18.6 Å². The van der Waals surface area contributed by atoms with Crippen LogP contribution < -0.4 is 0 Å². The van der Waals surface area contributed by atoms with Crippen molar-refractivity contribution < 1.29 is 24.0 Å². The molecule has 108 valence electrons. The molecule has 1 amide bonds. The highest BCUT2D eigenvalue weighted by atomic mass is 19.1. The van der Waals surface area contributed by atoms with Gasteiger partial charge in [0, 0.05) is 13.0 Å². The molecule has 1 aromatic rings. The maximum absolute atomic E-state index is 13.8. The molecule has 0 spiro atoms. The fourth-order valence-electron chi connectivity index (χ4n) is 1.94. The molecular formula is C10H11FN4O5. The quantitative estimate of drug-likeness (QED) is 0.605. The van der Waals surface area contributed by atoms with Crippen LogP contribution in [0.5, 0.6) is 0 Å². The second-order valence-corrected chi connectivity index (χ2v) is 4.46. The summed E-state index contributed by atoms with van der Waals surface area (Å²) in [7, 11) is 0. The fourth-order valence-corrected chi connectivity index (χ4v) is 1.94. The zero-order valence-corrected chi connectivity index (χ0v) is 10.2. The third-order valence-corrected chi connectivity index (χ3v) is 3.07. The first-order valence-electron chi connectivity index (χ1n) is 5.70. The molecule has 0 saturated carbocycles. The Morgan fingerprint density at radius 1 is 1.60 bits per heavy atom. The summed E-state index contributed by atoms with van der Waals surface area (Å²) in [5.41, 5.74) is -2.42. The Morgan fingerprint density at radius 3 is 2.80 bits per heavy atom. The SMILES string of the molecule is O=C(Cn1ccc([N+](=O)[O-])n1)N1CCC(F)(C(=O)O)C1. The van der Waals surface area contributed by atoms with Crippen LogP contribution >= 0.6 is 0 Å². The van der Waals surface area contributed by atoms with Crippen LogP contribution in [-0.2, 0) is 16.1 Å². The summed E-state index contributed by atoms with van der Waals surface area (Å²) >= 11 is 0. The average Bonchev–Trinajstić information content (AvgIpc) is 2.97. The Balaban J connectivity index is 1.99. The number of carboxylic acid groups (broad SMARTS) is 1. The molecule has 1 fully saturated rings. The van der Waals surface area contributed by atoms with E-state index < -0.39 is 34.8 Å². The number of nitro groups is 1. The van der Waals surface area contributed by atoms with E-state index in [1.54, 1.807) is 0 Å². The molecule has 1 saturated heterocycles. The van der Waals surface area contributed by atoms with E-state index in [9.17, 15) is 24.1 Å². The lowest BCUT2D eigenvalue weighted by molar-refractivity contribution is -0.389. The molecular weight excluding hydrogens is 275 g/mol. The molecule has 0 radical (unpaired) electrons. The number of carbonyl (C=O) groups is 2. The second kappa shape index (κ2) is 4.87. The van der Waals surface area contributed by atoms with Gasteiger partial charge in [0.05, 0.1) is 23.9 Å². The number of alkyl halides is 1. The van der Waals surface area contributed by atoms with E-state index in [0.29, 0.717) is 0 Å². The van der Waals surface area contributed by atoms with Gasteiger partial charge in [-0.25, -0.2) is 9.18 Å². The van der Waals surface area contributed by atoms with Crippen LogP contribution in [0.25, 0.3) is 0 Å². The monoisotopic (exact) mass is 286 g/mol. The summed E-state index contributed by atoms with van der Waals surface area (Å²) in [6, 6.07) is 1.13. The molecule has 2 heterocycles. The molecule has 1 aromatic heterocycles. The zero-order chi connectivity index (χ0) is 14.9. The van der Waals surface area contributed by atoms with Crippen molar-refractivity contribution in [2.24, 2.45) is 0 Å². The highest BCUT2D eigenvalue weighted by Crippen LogP contribution is 2.26. The molecule has 1 N–H and O–H groups in total. The number of carbonyl (C=O) groups excluding carboxylic acids is 1. The van der Waals surface area contributed by atoms with Crippen LogP contribution in [0.15, 0.2) is 12.3 Å². The van der Waals surface area contributed by atoms with Gasteiger partial charge < -0.3 is 20.1 Å². The van der Waals surface area contributed by atoms with Crippen LogP contribution in [0.1, 0.15) is 6.42 Å². The molecule has 1 unspecified atom stereocenters. The van der Waals surface area contributed by atoms with Crippen molar-refractivity contribution in [3.05, 3.63) is 22.4 Å². The molecule has 20 heavy (non-hydrogen) atoms. The van der Waals surface area contributed by atoms with E-state index in [1.807, 2.05) is 0 Å².